The number of carbonyl (C=O) groups is 3. The average molecular weight is 398 g/mol. The van der Waals surface area contributed by atoms with Gasteiger partial charge in [0.15, 0.2) is 18.1 Å². The molecular weight excluding hydrogens is 380 g/mol. The highest BCUT2D eigenvalue weighted by molar-refractivity contribution is 6.00. The molecule has 0 saturated heterocycles. The Morgan fingerprint density at radius 2 is 2.03 bits per heavy atom. The summed E-state index contributed by atoms with van der Waals surface area (Å²) in [6.07, 6.45) is -0.813. The fourth-order valence-electron chi connectivity index (χ4n) is 3.37. The van der Waals surface area contributed by atoms with E-state index in [-0.39, 0.29) is 36.2 Å². The zero-order chi connectivity index (χ0) is 20.5. The number of rotatable bonds is 5. The predicted molar refractivity (Wildman–Crippen MR) is 102 cm³/mol. The quantitative estimate of drug-likeness (QED) is 0.743. The zero-order valence-corrected chi connectivity index (χ0v) is 15.7. The summed E-state index contributed by atoms with van der Waals surface area (Å²) in [5, 5.41) is 5.42. The number of hydrogen-bond donors (Lipinski definition) is 2. The fourth-order valence-corrected chi connectivity index (χ4v) is 3.37. The SMILES string of the molecule is COc1ccc2c(c1OC)C(=O)OC2CC(=O)Nc1ccc2c(c1)NC(=O)CO2. The van der Waals surface area contributed by atoms with Crippen LogP contribution < -0.4 is 24.8 Å². The molecule has 1 unspecified atom stereocenters. The smallest absolute Gasteiger partial charge is 0.343 e. The third kappa shape index (κ3) is 3.42. The van der Waals surface area contributed by atoms with Gasteiger partial charge in [-0.15, -0.1) is 0 Å². The number of fused-ring (bicyclic) bond motifs is 2. The molecule has 2 aliphatic heterocycles. The standard InChI is InChI=1S/C20H18N2O7/c1-26-14-6-4-11-15(29-20(25)18(11)19(14)27-2)8-16(23)21-10-3-5-13-12(7-10)22-17(24)9-28-13/h3-7,15H,8-9H2,1-2H3,(H,21,23)(H,22,24). The Hall–Kier alpha value is -3.75. The van der Waals surface area contributed by atoms with Crippen LogP contribution in [0.1, 0.15) is 28.4 Å². The maximum Gasteiger partial charge on any atom is 0.343 e. The molecule has 2 aliphatic rings. The molecule has 4 rings (SSSR count). The van der Waals surface area contributed by atoms with Crippen molar-refractivity contribution in [2.75, 3.05) is 31.5 Å². The Morgan fingerprint density at radius 3 is 2.79 bits per heavy atom. The van der Waals surface area contributed by atoms with Gasteiger partial charge < -0.3 is 29.6 Å². The molecule has 150 valence electrons. The number of esters is 1. The van der Waals surface area contributed by atoms with Gasteiger partial charge in [0, 0.05) is 11.3 Å². The first-order valence-electron chi connectivity index (χ1n) is 8.82. The van der Waals surface area contributed by atoms with E-state index in [1.165, 1.54) is 14.2 Å². The topological polar surface area (TPSA) is 112 Å². The molecule has 0 radical (unpaired) electrons. The average Bonchev–Trinajstić information content (AvgIpc) is 3.02. The van der Waals surface area contributed by atoms with Crippen LogP contribution in [-0.2, 0) is 14.3 Å². The second kappa shape index (κ2) is 7.34. The van der Waals surface area contributed by atoms with Crippen LogP contribution in [0.4, 0.5) is 11.4 Å². The van der Waals surface area contributed by atoms with Crippen molar-refractivity contribution in [3.8, 4) is 17.2 Å². The molecule has 0 aromatic heterocycles. The minimum atomic E-state index is -0.738. The van der Waals surface area contributed by atoms with E-state index < -0.39 is 12.1 Å². The maximum absolute atomic E-state index is 12.5. The monoisotopic (exact) mass is 398 g/mol. The number of anilines is 2. The second-order valence-corrected chi connectivity index (χ2v) is 6.46. The summed E-state index contributed by atoms with van der Waals surface area (Å²) in [6.45, 7) is -0.0423. The van der Waals surface area contributed by atoms with Crippen LogP contribution in [-0.4, -0.2) is 38.6 Å². The molecule has 1 atom stereocenters. The van der Waals surface area contributed by atoms with Crippen molar-refractivity contribution in [2.24, 2.45) is 0 Å². The van der Waals surface area contributed by atoms with Crippen LogP contribution in [0.2, 0.25) is 0 Å². The second-order valence-electron chi connectivity index (χ2n) is 6.46. The van der Waals surface area contributed by atoms with Crippen LogP contribution >= 0.6 is 0 Å². The molecule has 2 N–H and O–H groups in total. The van der Waals surface area contributed by atoms with Gasteiger partial charge in [0.05, 0.1) is 26.3 Å². The summed E-state index contributed by atoms with van der Waals surface area (Å²) in [4.78, 5) is 36.3. The van der Waals surface area contributed by atoms with Crippen LogP contribution in [0.15, 0.2) is 30.3 Å². The van der Waals surface area contributed by atoms with Crippen LogP contribution in [0.3, 0.4) is 0 Å². The van der Waals surface area contributed by atoms with Crippen LogP contribution in [0.5, 0.6) is 17.2 Å². The van der Waals surface area contributed by atoms with E-state index in [4.69, 9.17) is 18.9 Å². The Kier molecular flexibility index (Phi) is 4.71. The third-order valence-electron chi connectivity index (χ3n) is 4.65. The summed E-state index contributed by atoms with van der Waals surface area (Å²) < 4.78 is 21.2. The molecule has 0 fully saturated rings. The lowest BCUT2D eigenvalue weighted by Gasteiger charge is -2.19. The Labute approximate surface area is 165 Å². The summed E-state index contributed by atoms with van der Waals surface area (Å²) in [5.41, 5.74) is 1.79. The number of ether oxygens (including phenoxy) is 4. The summed E-state index contributed by atoms with van der Waals surface area (Å²) in [7, 11) is 2.91. The maximum atomic E-state index is 12.5. The normalized spacial score (nSPS) is 16.7. The Balaban J connectivity index is 1.50. The van der Waals surface area contributed by atoms with Gasteiger partial charge in [-0.05, 0) is 24.3 Å². The lowest BCUT2D eigenvalue weighted by molar-refractivity contribution is -0.119. The highest BCUT2D eigenvalue weighted by Crippen LogP contribution is 2.43. The molecule has 9 heteroatoms. The van der Waals surface area contributed by atoms with Crippen molar-refractivity contribution < 1.29 is 33.3 Å². The van der Waals surface area contributed by atoms with E-state index in [2.05, 4.69) is 10.6 Å². The van der Waals surface area contributed by atoms with Gasteiger partial charge in [0.1, 0.15) is 17.4 Å². The number of nitrogens with one attached hydrogen (secondary N) is 2. The fraction of sp³-hybridized carbons (Fsp3) is 0.250. The van der Waals surface area contributed by atoms with Crippen molar-refractivity contribution >= 4 is 29.2 Å². The Bertz CT molecular complexity index is 1020. The van der Waals surface area contributed by atoms with Gasteiger partial charge in [-0.1, -0.05) is 6.07 Å². The number of hydrogen-bond acceptors (Lipinski definition) is 7. The number of benzene rings is 2. The molecule has 29 heavy (non-hydrogen) atoms. The molecule has 0 spiro atoms. The van der Waals surface area contributed by atoms with Gasteiger partial charge >= 0.3 is 5.97 Å². The molecule has 2 heterocycles. The molecule has 0 aliphatic carbocycles. The van der Waals surface area contributed by atoms with E-state index in [1.54, 1.807) is 30.3 Å². The first-order chi connectivity index (χ1) is 14.0. The number of methoxy groups -OCH3 is 2. The van der Waals surface area contributed by atoms with Crippen molar-refractivity contribution in [2.45, 2.75) is 12.5 Å². The lowest BCUT2D eigenvalue weighted by Crippen LogP contribution is -2.25. The molecule has 0 saturated carbocycles. The van der Waals surface area contributed by atoms with Crippen molar-refractivity contribution in [1.82, 2.24) is 0 Å². The van der Waals surface area contributed by atoms with Crippen LogP contribution in [0, 0.1) is 0 Å². The van der Waals surface area contributed by atoms with Crippen molar-refractivity contribution in [3.05, 3.63) is 41.5 Å². The summed E-state index contributed by atoms with van der Waals surface area (Å²) in [5.74, 6) is 0.0349. The number of amides is 2. The molecule has 2 aromatic rings. The van der Waals surface area contributed by atoms with Crippen molar-refractivity contribution in [1.29, 1.82) is 0 Å². The van der Waals surface area contributed by atoms with E-state index >= 15 is 0 Å². The minimum Gasteiger partial charge on any atom is -0.493 e. The largest absolute Gasteiger partial charge is 0.493 e. The highest BCUT2D eigenvalue weighted by Gasteiger charge is 2.36. The summed E-state index contributed by atoms with van der Waals surface area (Å²) in [6, 6.07) is 8.28. The van der Waals surface area contributed by atoms with E-state index in [0.29, 0.717) is 28.4 Å². The molecule has 2 aromatic carbocycles. The molecule has 2 amide bonds. The predicted octanol–water partition coefficient (Wildman–Crippen LogP) is 2.28. The summed E-state index contributed by atoms with van der Waals surface area (Å²) >= 11 is 0. The van der Waals surface area contributed by atoms with E-state index in [1.807, 2.05) is 0 Å². The van der Waals surface area contributed by atoms with Gasteiger partial charge in [0.2, 0.25) is 5.91 Å². The molecular formula is C20H18N2O7. The van der Waals surface area contributed by atoms with E-state index in [9.17, 15) is 14.4 Å². The van der Waals surface area contributed by atoms with E-state index in [0.717, 1.165) is 0 Å². The van der Waals surface area contributed by atoms with Crippen molar-refractivity contribution in [3.63, 3.8) is 0 Å². The number of carbonyl (C=O) groups excluding carboxylic acids is 3. The minimum absolute atomic E-state index is 0.0423. The zero-order valence-electron chi connectivity index (χ0n) is 15.7. The first kappa shape index (κ1) is 18.6. The van der Waals surface area contributed by atoms with Gasteiger partial charge in [0.25, 0.3) is 5.91 Å². The molecule has 0 bridgehead atoms. The molecule has 9 nitrogen and oxygen atoms in total. The van der Waals surface area contributed by atoms with Crippen LogP contribution in [0.25, 0.3) is 0 Å². The number of cyclic esters (lactones) is 1. The first-order valence-corrected chi connectivity index (χ1v) is 8.82. The van der Waals surface area contributed by atoms with Gasteiger partial charge in [-0.2, -0.15) is 0 Å². The van der Waals surface area contributed by atoms with Gasteiger partial charge in [-0.3, -0.25) is 9.59 Å². The lowest BCUT2D eigenvalue weighted by atomic mass is 10.0. The highest BCUT2D eigenvalue weighted by atomic mass is 16.6. The Morgan fingerprint density at radius 1 is 1.21 bits per heavy atom. The third-order valence-corrected chi connectivity index (χ3v) is 4.65. The van der Waals surface area contributed by atoms with Gasteiger partial charge in [-0.25, -0.2) is 4.79 Å².